The maximum Gasteiger partial charge on any atom is 0.294 e. The molecular weight excluding hydrogens is 178 g/mol. The van der Waals surface area contributed by atoms with Gasteiger partial charge in [0, 0.05) is 11.0 Å². The fourth-order valence-corrected chi connectivity index (χ4v) is 1.44. The summed E-state index contributed by atoms with van der Waals surface area (Å²) in [5, 5.41) is 8.74. The molecule has 2 rings (SSSR count). The van der Waals surface area contributed by atoms with E-state index in [-0.39, 0.29) is 0 Å². The highest BCUT2D eigenvalue weighted by molar-refractivity contribution is 5.67. The SMILES string of the molecule is N#CC1=Cc2ccccc2[N+](=O)C1N. The summed E-state index contributed by atoms with van der Waals surface area (Å²) >= 11 is 0. The van der Waals surface area contributed by atoms with Crippen molar-refractivity contribution < 1.29 is 4.76 Å². The van der Waals surface area contributed by atoms with E-state index in [1.807, 2.05) is 12.1 Å². The Bertz CT molecular complexity index is 471. The summed E-state index contributed by atoms with van der Waals surface area (Å²) in [7, 11) is 0. The van der Waals surface area contributed by atoms with Crippen molar-refractivity contribution in [3.63, 3.8) is 0 Å². The number of hydrogen-bond donors (Lipinski definition) is 1. The standard InChI is InChI=1S/C10H8N3O/c11-6-8-5-7-3-1-2-4-9(7)13(14)10(8)12/h1-5,10H,12H2/q+1. The number of nitrogens with zero attached hydrogens (tertiary/aromatic N) is 2. The number of rotatable bonds is 0. The molecule has 0 amide bonds. The number of hydrogen-bond acceptors (Lipinski definition) is 3. The first-order valence-corrected chi connectivity index (χ1v) is 4.16. The van der Waals surface area contributed by atoms with Crippen LogP contribution in [0.5, 0.6) is 0 Å². The van der Waals surface area contributed by atoms with Crippen LogP contribution in [0.25, 0.3) is 6.08 Å². The van der Waals surface area contributed by atoms with Gasteiger partial charge in [-0.2, -0.15) is 5.26 Å². The van der Waals surface area contributed by atoms with Gasteiger partial charge in [-0.15, -0.1) is 0 Å². The van der Waals surface area contributed by atoms with E-state index in [4.69, 9.17) is 11.0 Å². The van der Waals surface area contributed by atoms with Crippen LogP contribution < -0.4 is 5.73 Å². The molecule has 1 aliphatic rings. The third kappa shape index (κ3) is 1.11. The Kier molecular flexibility index (Phi) is 1.88. The maximum atomic E-state index is 11.6. The van der Waals surface area contributed by atoms with Gasteiger partial charge in [0.2, 0.25) is 0 Å². The summed E-state index contributed by atoms with van der Waals surface area (Å²) in [5.74, 6) is 0. The molecule has 0 radical (unpaired) electrons. The topological polar surface area (TPSA) is 69.9 Å². The summed E-state index contributed by atoms with van der Waals surface area (Å²) in [6.07, 6.45) is 0.767. The molecule has 4 nitrogen and oxygen atoms in total. The van der Waals surface area contributed by atoms with Crippen LogP contribution in [0.4, 0.5) is 5.69 Å². The molecule has 14 heavy (non-hydrogen) atoms. The highest BCUT2D eigenvalue weighted by Gasteiger charge is 2.33. The van der Waals surface area contributed by atoms with Gasteiger partial charge in [0.05, 0.1) is 10.3 Å². The Balaban J connectivity index is 2.65. The molecule has 0 bridgehead atoms. The summed E-state index contributed by atoms with van der Waals surface area (Å²) in [6.45, 7) is 0. The second-order valence-electron chi connectivity index (χ2n) is 3.04. The van der Waals surface area contributed by atoms with Gasteiger partial charge < -0.3 is 0 Å². The van der Waals surface area contributed by atoms with Crippen molar-refractivity contribution in [1.82, 2.24) is 0 Å². The van der Waals surface area contributed by atoms with Crippen molar-refractivity contribution in [3.05, 3.63) is 40.3 Å². The van der Waals surface area contributed by atoms with Crippen LogP contribution in [0.3, 0.4) is 0 Å². The van der Waals surface area contributed by atoms with Crippen molar-refractivity contribution >= 4 is 11.8 Å². The monoisotopic (exact) mass is 186 g/mol. The smallest absolute Gasteiger partial charge is 0.264 e. The van der Waals surface area contributed by atoms with E-state index in [0.717, 1.165) is 5.56 Å². The first-order valence-electron chi connectivity index (χ1n) is 4.16. The van der Waals surface area contributed by atoms with Crippen LogP contribution in [0.15, 0.2) is 29.8 Å². The average molecular weight is 186 g/mol. The lowest BCUT2D eigenvalue weighted by atomic mass is 10.0. The Hall–Kier alpha value is -1.99. The molecule has 0 aromatic heterocycles. The number of nitroso groups, excluding NO2 is 1. The molecule has 0 saturated carbocycles. The molecule has 2 N–H and O–H groups in total. The van der Waals surface area contributed by atoms with E-state index >= 15 is 0 Å². The number of benzene rings is 1. The van der Waals surface area contributed by atoms with Gasteiger partial charge >= 0.3 is 0 Å². The van der Waals surface area contributed by atoms with Gasteiger partial charge in [-0.3, -0.25) is 5.73 Å². The summed E-state index contributed by atoms with van der Waals surface area (Å²) < 4.78 is 0.661. The molecule has 1 unspecified atom stereocenters. The van der Waals surface area contributed by atoms with Crippen LogP contribution >= 0.6 is 0 Å². The Labute approximate surface area is 80.8 Å². The van der Waals surface area contributed by atoms with E-state index in [9.17, 15) is 4.91 Å². The van der Waals surface area contributed by atoms with Gasteiger partial charge in [0.1, 0.15) is 11.6 Å². The van der Waals surface area contributed by atoms with Gasteiger partial charge in [-0.1, -0.05) is 12.1 Å². The van der Waals surface area contributed by atoms with Gasteiger partial charge in [-0.05, 0) is 12.1 Å². The summed E-state index contributed by atoms with van der Waals surface area (Å²) in [6, 6.07) is 8.97. The van der Waals surface area contributed by atoms with Crippen molar-refractivity contribution in [2.24, 2.45) is 5.73 Å². The predicted molar refractivity (Wildman–Crippen MR) is 51.3 cm³/mol. The first-order chi connectivity index (χ1) is 6.74. The number of nitrogens with two attached hydrogens (primary N) is 1. The molecule has 0 spiro atoms. The second-order valence-corrected chi connectivity index (χ2v) is 3.04. The van der Waals surface area contributed by atoms with Gasteiger partial charge in [-0.25, -0.2) is 0 Å². The zero-order valence-electron chi connectivity index (χ0n) is 7.34. The van der Waals surface area contributed by atoms with Crippen LogP contribution in [0, 0.1) is 16.2 Å². The third-order valence-corrected chi connectivity index (χ3v) is 2.19. The summed E-state index contributed by atoms with van der Waals surface area (Å²) in [4.78, 5) is 11.6. The van der Waals surface area contributed by atoms with Crippen LogP contribution in [0.2, 0.25) is 0 Å². The van der Waals surface area contributed by atoms with Gasteiger partial charge in [0.15, 0.2) is 0 Å². The average Bonchev–Trinajstić information content (AvgIpc) is 2.23. The highest BCUT2D eigenvalue weighted by Crippen LogP contribution is 2.27. The zero-order valence-corrected chi connectivity index (χ0v) is 7.34. The van der Waals surface area contributed by atoms with E-state index in [0.29, 0.717) is 16.0 Å². The molecule has 0 saturated heterocycles. The zero-order chi connectivity index (χ0) is 10.1. The minimum atomic E-state index is -0.880. The lowest BCUT2D eigenvalue weighted by Gasteiger charge is -2.09. The first kappa shape index (κ1) is 8.60. The quantitative estimate of drug-likeness (QED) is 0.621. The molecular formula is C10H8N3O+. The van der Waals surface area contributed by atoms with Crippen molar-refractivity contribution in [3.8, 4) is 6.07 Å². The van der Waals surface area contributed by atoms with Crippen molar-refractivity contribution in [2.45, 2.75) is 6.17 Å². The lowest BCUT2D eigenvalue weighted by Crippen LogP contribution is -2.34. The number of fused-ring (bicyclic) bond motifs is 1. The largest absolute Gasteiger partial charge is 0.294 e. The Morgan fingerprint density at radius 1 is 1.43 bits per heavy atom. The number of nitriles is 1. The summed E-state index contributed by atoms with van der Waals surface area (Å²) in [5.41, 5.74) is 7.11. The van der Waals surface area contributed by atoms with Crippen molar-refractivity contribution in [1.29, 1.82) is 5.26 Å². The highest BCUT2D eigenvalue weighted by atomic mass is 16.3. The normalized spacial score (nSPS) is 19.6. The van der Waals surface area contributed by atoms with Crippen LogP contribution in [-0.4, -0.2) is 10.9 Å². The fourth-order valence-electron chi connectivity index (χ4n) is 1.44. The third-order valence-electron chi connectivity index (χ3n) is 2.19. The lowest BCUT2D eigenvalue weighted by molar-refractivity contribution is -0.495. The molecule has 0 fully saturated rings. The Morgan fingerprint density at radius 3 is 2.86 bits per heavy atom. The van der Waals surface area contributed by atoms with E-state index in [1.54, 1.807) is 24.3 Å². The van der Waals surface area contributed by atoms with Gasteiger partial charge in [0.25, 0.3) is 11.9 Å². The second kappa shape index (κ2) is 3.05. The molecule has 1 aliphatic heterocycles. The van der Waals surface area contributed by atoms with E-state index in [1.165, 1.54) is 0 Å². The molecule has 1 aromatic carbocycles. The molecule has 1 atom stereocenters. The minimum absolute atomic E-state index is 0.290. The molecule has 68 valence electrons. The molecule has 1 aromatic rings. The minimum Gasteiger partial charge on any atom is -0.264 e. The Morgan fingerprint density at radius 2 is 2.14 bits per heavy atom. The number of para-hydroxylation sites is 1. The van der Waals surface area contributed by atoms with E-state index < -0.39 is 6.17 Å². The molecule has 1 heterocycles. The van der Waals surface area contributed by atoms with Crippen LogP contribution in [-0.2, 0) is 0 Å². The maximum absolute atomic E-state index is 11.6. The van der Waals surface area contributed by atoms with Crippen molar-refractivity contribution in [2.75, 3.05) is 0 Å². The van der Waals surface area contributed by atoms with Crippen LogP contribution in [0.1, 0.15) is 5.56 Å². The predicted octanol–water partition coefficient (Wildman–Crippen LogP) is 1.30. The molecule has 0 aliphatic carbocycles. The van der Waals surface area contributed by atoms with E-state index in [2.05, 4.69) is 0 Å². The fraction of sp³-hybridized carbons (Fsp3) is 0.100. The molecule has 4 heteroatoms.